The zero-order valence-corrected chi connectivity index (χ0v) is 9.73. The highest BCUT2D eigenvalue weighted by Gasteiger charge is 2.47. The second kappa shape index (κ2) is 3.54. The smallest absolute Gasteiger partial charge is 0.321 e. The summed E-state index contributed by atoms with van der Waals surface area (Å²) in [5.74, 6) is -0.792. The van der Waals surface area contributed by atoms with Crippen molar-refractivity contribution in [1.29, 1.82) is 0 Å². The molecule has 3 rings (SSSR count). The van der Waals surface area contributed by atoms with Gasteiger partial charge in [0.2, 0.25) is 0 Å². The first kappa shape index (κ1) is 10.7. The number of hydrogen-bond acceptors (Lipinski definition) is 4. The Morgan fingerprint density at radius 2 is 2.53 bits per heavy atom. The SMILES string of the molecule is CN1CCC2(C1)N[C@@H](C(=O)O)Cc1[nH]cnc12. The molecule has 0 aliphatic carbocycles. The van der Waals surface area contributed by atoms with Gasteiger partial charge in [0.05, 0.1) is 17.6 Å². The lowest BCUT2D eigenvalue weighted by Crippen LogP contribution is -2.57. The molecule has 1 aromatic heterocycles. The second-order valence-corrected chi connectivity index (χ2v) is 5.04. The second-order valence-electron chi connectivity index (χ2n) is 5.04. The highest BCUT2D eigenvalue weighted by molar-refractivity contribution is 5.74. The van der Waals surface area contributed by atoms with E-state index in [0.717, 1.165) is 30.9 Å². The number of aliphatic carboxylic acids is 1. The number of fused-ring (bicyclic) bond motifs is 2. The van der Waals surface area contributed by atoms with Crippen LogP contribution in [-0.2, 0) is 16.8 Å². The lowest BCUT2D eigenvalue weighted by Gasteiger charge is -2.37. The van der Waals surface area contributed by atoms with E-state index in [4.69, 9.17) is 0 Å². The van der Waals surface area contributed by atoms with Gasteiger partial charge in [0, 0.05) is 25.2 Å². The van der Waals surface area contributed by atoms with E-state index >= 15 is 0 Å². The maximum atomic E-state index is 11.2. The van der Waals surface area contributed by atoms with Crippen molar-refractivity contribution in [3.8, 4) is 0 Å². The van der Waals surface area contributed by atoms with Crippen LogP contribution in [0.5, 0.6) is 0 Å². The standard InChI is InChI=1S/C11H16N4O2/c1-15-3-2-11(5-15)9-7(12-6-13-9)4-8(14-11)10(16)17/h6,8,14H,2-5H2,1H3,(H,12,13)(H,16,17)/t8-,11?/m1/s1. The van der Waals surface area contributed by atoms with Gasteiger partial charge in [-0.3, -0.25) is 10.1 Å². The lowest BCUT2D eigenvalue weighted by atomic mass is 9.85. The van der Waals surface area contributed by atoms with E-state index in [1.165, 1.54) is 0 Å². The topological polar surface area (TPSA) is 81.3 Å². The third-order valence-corrected chi connectivity index (χ3v) is 3.79. The molecule has 2 atom stereocenters. The number of nitrogens with one attached hydrogen (secondary N) is 2. The minimum absolute atomic E-state index is 0.286. The number of imidazole rings is 1. The number of H-pyrrole nitrogens is 1. The zero-order valence-electron chi connectivity index (χ0n) is 9.73. The van der Waals surface area contributed by atoms with Gasteiger partial charge >= 0.3 is 5.97 Å². The van der Waals surface area contributed by atoms with Gasteiger partial charge in [-0.15, -0.1) is 0 Å². The van der Waals surface area contributed by atoms with Crippen LogP contribution in [-0.4, -0.2) is 52.1 Å². The molecule has 6 nitrogen and oxygen atoms in total. The van der Waals surface area contributed by atoms with Gasteiger partial charge in [-0.05, 0) is 13.5 Å². The fourth-order valence-corrected chi connectivity index (χ4v) is 3.01. The fraction of sp³-hybridized carbons (Fsp3) is 0.636. The molecule has 1 fully saturated rings. The molecule has 3 heterocycles. The summed E-state index contributed by atoms with van der Waals surface area (Å²) < 4.78 is 0. The van der Waals surface area contributed by atoms with Crippen molar-refractivity contribution in [3.05, 3.63) is 17.7 Å². The molecular formula is C11H16N4O2. The van der Waals surface area contributed by atoms with Crippen LogP contribution in [0.3, 0.4) is 0 Å². The van der Waals surface area contributed by atoms with Crippen LogP contribution >= 0.6 is 0 Å². The average molecular weight is 236 g/mol. The van der Waals surface area contributed by atoms with Crippen LogP contribution in [0, 0.1) is 0 Å². The Balaban J connectivity index is 2.01. The lowest BCUT2D eigenvalue weighted by molar-refractivity contribution is -0.140. The summed E-state index contributed by atoms with van der Waals surface area (Å²) in [6.45, 7) is 1.78. The van der Waals surface area contributed by atoms with Crippen molar-refractivity contribution in [2.24, 2.45) is 0 Å². The highest BCUT2D eigenvalue weighted by atomic mass is 16.4. The van der Waals surface area contributed by atoms with Crippen LogP contribution in [0.25, 0.3) is 0 Å². The average Bonchev–Trinajstić information content (AvgIpc) is 2.86. The van der Waals surface area contributed by atoms with Gasteiger partial charge in [-0.2, -0.15) is 0 Å². The predicted molar refractivity (Wildman–Crippen MR) is 60.6 cm³/mol. The van der Waals surface area contributed by atoms with Crippen molar-refractivity contribution in [3.63, 3.8) is 0 Å². The molecule has 92 valence electrons. The molecule has 0 aromatic carbocycles. The maximum Gasteiger partial charge on any atom is 0.321 e. The van der Waals surface area contributed by atoms with E-state index in [-0.39, 0.29) is 5.54 Å². The molecule has 1 spiro atoms. The van der Waals surface area contributed by atoms with Crippen molar-refractivity contribution >= 4 is 5.97 Å². The third-order valence-electron chi connectivity index (χ3n) is 3.79. The van der Waals surface area contributed by atoms with Crippen LogP contribution in [0.15, 0.2) is 6.33 Å². The van der Waals surface area contributed by atoms with Gasteiger partial charge in [0.25, 0.3) is 0 Å². The maximum absolute atomic E-state index is 11.2. The summed E-state index contributed by atoms with van der Waals surface area (Å²) >= 11 is 0. The van der Waals surface area contributed by atoms with Crippen LogP contribution in [0.4, 0.5) is 0 Å². The fourth-order valence-electron chi connectivity index (χ4n) is 3.01. The van der Waals surface area contributed by atoms with E-state index in [2.05, 4.69) is 20.2 Å². The van der Waals surface area contributed by atoms with Gasteiger partial charge in [0.1, 0.15) is 6.04 Å². The quantitative estimate of drug-likeness (QED) is 0.614. The van der Waals surface area contributed by atoms with E-state index in [1.54, 1.807) is 6.33 Å². The Hall–Kier alpha value is -1.40. The minimum atomic E-state index is -0.792. The Bertz CT molecular complexity index is 458. The number of carboxylic acid groups (broad SMARTS) is 1. The Morgan fingerprint density at radius 3 is 3.18 bits per heavy atom. The summed E-state index contributed by atoms with van der Waals surface area (Å²) in [4.78, 5) is 20.9. The summed E-state index contributed by atoms with van der Waals surface area (Å²) in [5.41, 5.74) is 1.68. The van der Waals surface area contributed by atoms with Crippen molar-refractivity contribution in [2.75, 3.05) is 20.1 Å². The Morgan fingerprint density at radius 1 is 1.71 bits per heavy atom. The molecule has 1 saturated heterocycles. The van der Waals surface area contributed by atoms with E-state index in [1.807, 2.05) is 7.05 Å². The van der Waals surface area contributed by atoms with Crippen molar-refractivity contribution < 1.29 is 9.90 Å². The predicted octanol–water partition coefficient (Wildman–Crippen LogP) is -0.461. The summed E-state index contributed by atoms with van der Waals surface area (Å²) in [6, 6.07) is -0.519. The third kappa shape index (κ3) is 1.56. The molecular weight excluding hydrogens is 220 g/mol. The Kier molecular flexibility index (Phi) is 2.24. The molecule has 6 heteroatoms. The van der Waals surface area contributed by atoms with Gasteiger partial charge < -0.3 is 15.0 Å². The van der Waals surface area contributed by atoms with E-state index < -0.39 is 12.0 Å². The monoisotopic (exact) mass is 236 g/mol. The molecule has 3 N–H and O–H groups in total. The number of aromatic amines is 1. The normalized spacial score (nSPS) is 32.9. The number of nitrogens with zero attached hydrogens (tertiary/aromatic N) is 2. The first-order valence-electron chi connectivity index (χ1n) is 5.82. The molecule has 0 bridgehead atoms. The van der Waals surface area contributed by atoms with E-state index in [9.17, 15) is 9.90 Å². The minimum Gasteiger partial charge on any atom is -0.480 e. The van der Waals surface area contributed by atoms with E-state index in [0.29, 0.717) is 6.42 Å². The molecule has 1 aromatic rings. The summed E-state index contributed by atoms with van der Waals surface area (Å²) in [6.07, 6.45) is 3.05. The number of carbonyl (C=O) groups is 1. The van der Waals surface area contributed by atoms with Crippen LogP contribution in [0.1, 0.15) is 17.8 Å². The van der Waals surface area contributed by atoms with Gasteiger partial charge in [-0.25, -0.2) is 4.98 Å². The number of carboxylic acids is 1. The van der Waals surface area contributed by atoms with Gasteiger partial charge in [-0.1, -0.05) is 0 Å². The Labute approximate surface area is 99.0 Å². The highest BCUT2D eigenvalue weighted by Crippen LogP contribution is 2.35. The summed E-state index contributed by atoms with van der Waals surface area (Å²) in [5, 5.41) is 12.5. The van der Waals surface area contributed by atoms with Crippen LogP contribution < -0.4 is 5.32 Å². The molecule has 2 aliphatic rings. The number of aromatic nitrogens is 2. The molecule has 2 aliphatic heterocycles. The zero-order chi connectivity index (χ0) is 12.0. The molecule has 1 unspecified atom stereocenters. The summed E-state index contributed by atoms with van der Waals surface area (Å²) in [7, 11) is 2.05. The van der Waals surface area contributed by atoms with Gasteiger partial charge in [0.15, 0.2) is 0 Å². The molecule has 0 saturated carbocycles. The largest absolute Gasteiger partial charge is 0.480 e. The number of rotatable bonds is 1. The first-order chi connectivity index (χ1) is 8.11. The van der Waals surface area contributed by atoms with Crippen molar-refractivity contribution in [1.82, 2.24) is 20.2 Å². The number of likely N-dealkylation sites (N-methyl/N-ethyl adjacent to an activating group) is 1. The number of likely N-dealkylation sites (tertiary alicyclic amines) is 1. The number of hydrogen-bond donors (Lipinski definition) is 3. The first-order valence-corrected chi connectivity index (χ1v) is 5.82. The van der Waals surface area contributed by atoms with Crippen LogP contribution in [0.2, 0.25) is 0 Å². The molecule has 0 radical (unpaired) electrons. The van der Waals surface area contributed by atoms with Crippen molar-refractivity contribution in [2.45, 2.75) is 24.4 Å². The molecule has 0 amide bonds. The molecule has 17 heavy (non-hydrogen) atoms.